The summed E-state index contributed by atoms with van der Waals surface area (Å²) in [5.74, 6) is -2.55. The first-order chi connectivity index (χ1) is 11.0. The van der Waals surface area contributed by atoms with Crippen LogP contribution in [0.25, 0.3) is 5.76 Å². The summed E-state index contributed by atoms with van der Waals surface area (Å²) in [6.07, 6.45) is 4.15. The molecule has 0 aliphatic carbocycles. The first-order valence-electron chi connectivity index (χ1n) is 7.02. The third-order valence-corrected chi connectivity index (χ3v) is 3.07. The fourth-order valence-electron chi connectivity index (χ4n) is 1.96. The van der Waals surface area contributed by atoms with E-state index in [0.717, 1.165) is 11.6 Å². The number of aliphatic hydroxyl groups is 1. The van der Waals surface area contributed by atoms with Gasteiger partial charge in [0, 0.05) is 30.6 Å². The molecule has 1 heterocycles. The predicted octanol–water partition coefficient (Wildman–Crippen LogP) is 2.71. The van der Waals surface area contributed by atoms with Crippen molar-refractivity contribution in [3.8, 4) is 0 Å². The Morgan fingerprint density at radius 3 is 2.61 bits per heavy atom. The first kappa shape index (κ1) is 16.5. The summed E-state index contributed by atoms with van der Waals surface area (Å²) < 4.78 is 19.2. The van der Waals surface area contributed by atoms with Crippen LogP contribution in [0.3, 0.4) is 0 Å². The van der Waals surface area contributed by atoms with Gasteiger partial charge in [-0.25, -0.2) is 9.18 Å². The normalized spacial score (nSPS) is 11.3. The van der Waals surface area contributed by atoms with Crippen LogP contribution in [0.5, 0.6) is 0 Å². The smallest absolute Gasteiger partial charge is 0.379 e. The summed E-state index contributed by atoms with van der Waals surface area (Å²) in [7, 11) is 0. The van der Waals surface area contributed by atoms with Crippen molar-refractivity contribution < 1.29 is 23.8 Å². The van der Waals surface area contributed by atoms with E-state index in [1.807, 2.05) is 0 Å². The molecule has 0 aliphatic rings. The van der Waals surface area contributed by atoms with Crippen LogP contribution >= 0.6 is 0 Å². The number of halogens is 1. The van der Waals surface area contributed by atoms with Crippen LogP contribution in [-0.4, -0.2) is 28.0 Å². The number of ether oxygens (including phenoxy) is 1. The summed E-state index contributed by atoms with van der Waals surface area (Å²) in [6.45, 7) is 2.16. The van der Waals surface area contributed by atoms with Crippen LogP contribution in [0.1, 0.15) is 18.1 Å². The van der Waals surface area contributed by atoms with E-state index >= 15 is 0 Å². The van der Waals surface area contributed by atoms with Gasteiger partial charge in [-0.1, -0.05) is 12.1 Å². The van der Waals surface area contributed by atoms with Gasteiger partial charge in [0.15, 0.2) is 0 Å². The first-order valence-corrected chi connectivity index (χ1v) is 7.02. The number of hydrogen-bond acceptors (Lipinski definition) is 4. The molecule has 0 amide bonds. The predicted molar refractivity (Wildman–Crippen MR) is 82.2 cm³/mol. The quantitative estimate of drug-likeness (QED) is 0.385. The largest absolute Gasteiger partial charge is 0.507 e. The molecule has 23 heavy (non-hydrogen) atoms. The second-order valence-corrected chi connectivity index (χ2v) is 4.81. The van der Waals surface area contributed by atoms with E-state index < -0.39 is 11.8 Å². The fraction of sp³-hybridized carbons (Fsp3) is 0.176. The van der Waals surface area contributed by atoms with Gasteiger partial charge in [-0.2, -0.15) is 0 Å². The van der Waals surface area contributed by atoms with Crippen molar-refractivity contribution in [2.24, 2.45) is 0 Å². The van der Waals surface area contributed by atoms with Crippen LogP contribution in [-0.2, 0) is 20.9 Å². The minimum atomic E-state index is -1.01. The zero-order valence-corrected chi connectivity index (χ0v) is 12.5. The third kappa shape index (κ3) is 4.54. The molecule has 0 saturated heterocycles. The van der Waals surface area contributed by atoms with Crippen molar-refractivity contribution in [1.82, 2.24) is 4.57 Å². The summed E-state index contributed by atoms with van der Waals surface area (Å²) in [6, 6.07) is 7.67. The molecular formula is C17H16FNO4. The molecule has 0 radical (unpaired) electrons. The van der Waals surface area contributed by atoms with E-state index in [9.17, 15) is 19.1 Å². The molecule has 0 fully saturated rings. The van der Waals surface area contributed by atoms with E-state index in [4.69, 9.17) is 0 Å². The standard InChI is InChI=1S/C17H16FNO4/c1-2-23-17(22)16(21)9-15(20)13-7-8-19(11-13)10-12-3-5-14(18)6-4-12/h3-9,11,20H,2,10H2,1H3/b15-9-. The van der Waals surface area contributed by atoms with Gasteiger partial charge in [0.1, 0.15) is 11.6 Å². The van der Waals surface area contributed by atoms with Crippen molar-refractivity contribution >= 4 is 17.5 Å². The number of ketones is 1. The SMILES string of the molecule is CCOC(=O)C(=O)/C=C(\O)c1ccn(Cc2ccc(F)cc2)c1. The summed E-state index contributed by atoms with van der Waals surface area (Å²) in [4.78, 5) is 22.7. The van der Waals surface area contributed by atoms with Gasteiger partial charge < -0.3 is 14.4 Å². The zero-order chi connectivity index (χ0) is 16.8. The zero-order valence-electron chi connectivity index (χ0n) is 12.5. The molecule has 0 bridgehead atoms. The van der Waals surface area contributed by atoms with Gasteiger partial charge in [0.05, 0.1) is 6.61 Å². The minimum absolute atomic E-state index is 0.0905. The molecular weight excluding hydrogens is 301 g/mol. The molecule has 0 saturated carbocycles. The van der Waals surface area contributed by atoms with Crippen LogP contribution in [0.15, 0.2) is 48.8 Å². The number of nitrogens with zero attached hydrogens (tertiary/aromatic N) is 1. The Hall–Kier alpha value is -2.89. The minimum Gasteiger partial charge on any atom is -0.507 e. The molecule has 1 aromatic heterocycles. The molecule has 1 aromatic carbocycles. The van der Waals surface area contributed by atoms with Gasteiger partial charge >= 0.3 is 5.97 Å². The van der Waals surface area contributed by atoms with E-state index in [-0.39, 0.29) is 18.2 Å². The second-order valence-electron chi connectivity index (χ2n) is 4.81. The molecule has 120 valence electrons. The van der Waals surface area contributed by atoms with Gasteiger partial charge in [0.25, 0.3) is 5.78 Å². The summed E-state index contributed by atoms with van der Waals surface area (Å²) in [5.41, 5.74) is 1.28. The van der Waals surface area contributed by atoms with Crippen LogP contribution in [0.2, 0.25) is 0 Å². The Bertz CT molecular complexity index is 731. The molecule has 2 rings (SSSR count). The van der Waals surface area contributed by atoms with Gasteiger partial charge in [-0.05, 0) is 30.7 Å². The van der Waals surface area contributed by atoms with Gasteiger partial charge in [0.2, 0.25) is 0 Å². The molecule has 1 N–H and O–H groups in total. The lowest BCUT2D eigenvalue weighted by Crippen LogP contribution is -2.15. The molecule has 0 aliphatic heterocycles. The highest BCUT2D eigenvalue weighted by molar-refractivity contribution is 6.39. The van der Waals surface area contributed by atoms with E-state index in [2.05, 4.69) is 4.74 Å². The lowest BCUT2D eigenvalue weighted by molar-refractivity contribution is -0.151. The Morgan fingerprint density at radius 2 is 1.96 bits per heavy atom. The molecule has 0 unspecified atom stereocenters. The highest BCUT2D eigenvalue weighted by atomic mass is 19.1. The molecule has 0 atom stereocenters. The van der Waals surface area contributed by atoms with Crippen molar-refractivity contribution in [2.45, 2.75) is 13.5 Å². The molecule has 6 heteroatoms. The Morgan fingerprint density at radius 1 is 1.26 bits per heavy atom. The van der Waals surface area contributed by atoms with Crippen LogP contribution < -0.4 is 0 Å². The average molecular weight is 317 g/mol. The number of aromatic nitrogens is 1. The van der Waals surface area contributed by atoms with E-state index in [1.54, 1.807) is 42.1 Å². The van der Waals surface area contributed by atoms with Crippen molar-refractivity contribution in [3.05, 3.63) is 65.7 Å². The lowest BCUT2D eigenvalue weighted by atomic mass is 10.2. The Kier molecular flexibility index (Phi) is 5.30. The Balaban J connectivity index is 2.07. The van der Waals surface area contributed by atoms with Crippen LogP contribution in [0, 0.1) is 5.82 Å². The Labute approximate surface area is 132 Å². The fourth-order valence-corrected chi connectivity index (χ4v) is 1.96. The molecule has 2 aromatic rings. The highest BCUT2D eigenvalue weighted by Gasteiger charge is 2.14. The maximum Gasteiger partial charge on any atom is 0.379 e. The topological polar surface area (TPSA) is 68.5 Å². The third-order valence-electron chi connectivity index (χ3n) is 3.07. The van der Waals surface area contributed by atoms with E-state index in [1.165, 1.54) is 12.1 Å². The van der Waals surface area contributed by atoms with Crippen molar-refractivity contribution in [1.29, 1.82) is 0 Å². The number of hydrogen-bond donors (Lipinski definition) is 1. The van der Waals surface area contributed by atoms with E-state index in [0.29, 0.717) is 12.1 Å². The van der Waals surface area contributed by atoms with Crippen LogP contribution in [0.4, 0.5) is 4.39 Å². The molecule has 0 spiro atoms. The summed E-state index contributed by atoms with van der Waals surface area (Å²) in [5, 5.41) is 9.89. The van der Waals surface area contributed by atoms with Gasteiger partial charge in [-0.3, -0.25) is 4.79 Å². The monoisotopic (exact) mass is 317 g/mol. The number of benzene rings is 1. The lowest BCUT2D eigenvalue weighted by Gasteiger charge is -2.03. The second kappa shape index (κ2) is 7.40. The maximum absolute atomic E-state index is 12.9. The summed E-state index contributed by atoms with van der Waals surface area (Å²) >= 11 is 0. The van der Waals surface area contributed by atoms with Gasteiger partial charge in [-0.15, -0.1) is 0 Å². The number of rotatable bonds is 6. The average Bonchev–Trinajstić information content (AvgIpc) is 2.98. The highest BCUT2D eigenvalue weighted by Crippen LogP contribution is 2.14. The number of esters is 1. The number of carbonyl (C=O) groups is 2. The number of carbonyl (C=O) groups excluding carboxylic acids is 2. The van der Waals surface area contributed by atoms with Crippen molar-refractivity contribution in [2.75, 3.05) is 6.61 Å². The number of aliphatic hydroxyl groups excluding tert-OH is 1. The maximum atomic E-state index is 12.9. The van der Waals surface area contributed by atoms with Crippen molar-refractivity contribution in [3.63, 3.8) is 0 Å². The molecule has 5 nitrogen and oxygen atoms in total.